The number of hydrogen-bond donors (Lipinski definition) is 7. The van der Waals surface area contributed by atoms with Gasteiger partial charge in [-0.15, -0.1) is 0 Å². The second kappa shape index (κ2) is 13.4. The first-order chi connectivity index (χ1) is 13.9. The molecule has 0 bridgehead atoms. The minimum atomic E-state index is -1.60. The minimum Gasteiger partial charge on any atom is -0.481 e. The SMILES string of the molecule is CSCCC(NC(=O)C(N)CC(=O)O)C(=O)NC(CC(=O)O)C(=O)NC(C)C(=O)O. The smallest absolute Gasteiger partial charge is 0.325 e. The largest absolute Gasteiger partial charge is 0.481 e. The molecule has 0 aromatic heterocycles. The first kappa shape index (κ1) is 27.1. The van der Waals surface area contributed by atoms with Crippen LogP contribution in [0.3, 0.4) is 0 Å². The van der Waals surface area contributed by atoms with Crippen molar-refractivity contribution in [1.29, 1.82) is 0 Å². The number of carbonyl (C=O) groups is 6. The molecule has 0 aliphatic rings. The van der Waals surface area contributed by atoms with E-state index in [9.17, 15) is 28.8 Å². The van der Waals surface area contributed by atoms with Crippen molar-refractivity contribution < 1.29 is 44.1 Å². The van der Waals surface area contributed by atoms with E-state index in [-0.39, 0.29) is 6.42 Å². The van der Waals surface area contributed by atoms with E-state index in [2.05, 4.69) is 16.0 Å². The van der Waals surface area contributed by atoms with Crippen molar-refractivity contribution in [3.63, 3.8) is 0 Å². The highest BCUT2D eigenvalue weighted by atomic mass is 32.2. The first-order valence-corrected chi connectivity index (χ1v) is 10.1. The number of carboxylic acids is 3. The highest BCUT2D eigenvalue weighted by molar-refractivity contribution is 7.98. The van der Waals surface area contributed by atoms with Crippen LogP contribution < -0.4 is 21.7 Å². The van der Waals surface area contributed by atoms with E-state index in [4.69, 9.17) is 21.1 Å². The minimum absolute atomic E-state index is 0.0888. The Bertz CT molecular complexity index is 673. The Morgan fingerprint density at radius 2 is 1.33 bits per heavy atom. The number of amides is 3. The van der Waals surface area contributed by atoms with Crippen molar-refractivity contribution in [2.45, 2.75) is 50.4 Å². The molecule has 0 aromatic rings. The Morgan fingerprint density at radius 1 is 0.833 bits per heavy atom. The van der Waals surface area contributed by atoms with Crippen molar-refractivity contribution in [2.24, 2.45) is 5.73 Å². The molecule has 0 spiro atoms. The number of hydrogen-bond acceptors (Lipinski definition) is 8. The van der Waals surface area contributed by atoms with Gasteiger partial charge in [-0.25, -0.2) is 0 Å². The predicted octanol–water partition coefficient (Wildman–Crippen LogP) is -2.42. The Kier molecular flexibility index (Phi) is 12.1. The fourth-order valence-electron chi connectivity index (χ4n) is 2.10. The summed E-state index contributed by atoms with van der Waals surface area (Å²) in [6.07, 6.45) is 0.331. The lowest BCUT2D eigenvalue weighted by Gasteiger charge is -2.23. The summed E-state index contributed by atoms with van der Waals surface area (Å²) >= 11 is 1.35. The van der Waals surface area contributed by atoms with Gasteiger partial charge in [0.2, 0.25) is 17.7 Å². The molecule has 4 unspecified atom stereocenters. The molecule has 8 N–H and O–H groups in total. The van der Waals surface area contributed by atoms with Gasteiger partial charge in [0, 0.05) is 0 Å². The number of nitrogens with one attached hydrogen (secondary N) is 3. The summed E-state index contributed by atoms with van der Waals surface area (Å²) in [5, 5.41) is 33.1. The summed E-state index contributed by atoms with van der Waals surface area (Å²) in [4.78, 5) is 69.4. The topological polar surface area (TPSA) is 225 Å². The molecule has 0 saturated carbocycles. The van der Waals surface area contributed by atoms with Gasteiger partial charge >= 0.3 is 17.9 Å². The van der Waals surface area contributed by atoms with Crippen LogP contribution in [0.2, 0.25) is 0 Å². The van der Waals surface area contributed by atoms with E-state index in [0.717, 1.165) is 6.92 Å². The number of nitrogens with two attached hydrogens (primary N) is 1. The van der Waals surface area contributed by atoms with Gasteiger partial charge in [-0.05, 0) is 25.4 Å². The van der Waals surface area contributed by atoms with Gasteiger partial charge < -0.3 is 37.0 Å². The van der Waals surface area contributed by atoms with Gasteiger partial charge in [-0.2, -0.15) is 11.8 Å². The fourth-order valence-corrected chi connectivity index (χ4v) is 2.57. The molecule has 0 heterocycles. The predicted molar refractivity (Wildman–Crippen MR) is 105 cm³/mol. The monoisotopic (exact) mass is 450 g/mol. The summed E-state index contributed by atoms with van der Waals surface area (Å²) in [6.45, 7) is 1.16. The van der Waals surface area contributed by atoms with Crippen LogP contribution in [-0.4, -0.2) is 87.1 Å². The summed E-state index contributed by atoms with van der Waals surface area (Å²) < 4.78 is 0. The summed E-state index contributed by atoms with van der Waals surface area (Å²) in [6, 6.07) is -5.56. The Labute approximate surface area is 176 Å². The standard InChI is InChI=1S/C16H26N4O9S/c1-7(16(28)29)18-15(27)10(6-12(23)24)20-14(26)9(3-4-30-2)19-13(25)8(17)5-11(21)22/h7-10H,3-6,17H2,1-2H3,(H,18,27)(H,19,25)(H,20,26)(H,21,22)(H,23,24)(H,28,29). The van der Waals surface area contributed by atoms with E-state index in [0.29, 0.717) is 5.75 Å². The second-order valence-corrected chi connectivity index (χ2v) is 7.26. The second-order valence-electron chi connectivity index (χ2n) is 6.27. The normalized spacial score (nSPS) is 14.5. The molecule has 0 radical (unpaired) electrons. The molecule has 30 heavy (non-hydrogen) atoms. The lowest BCUT2D eigenvalue weighted by molar-refractivity contribution is -0.143. The molecule has 3 amide bonds. The van der Waals surface area contributed by atoms with Crippen LogP contribution in [0.25, 0.3) is 0 Å². The number of aliphatic carboxylic acids is 3. The molecule has 4 atom stereocenters. The lowest BCUT2D eigenvalue weighted by atomic mass is 10.1. The molecule has 170 valence electrons. The highest BCUT2D eigenvalue weighted by Gasteiger charge is 2.30. The lowest BCUT2D eigenvalue weighted by Crippen LogP contribution is -2.57. The molecule has 0 rings (SSSR count). The zero-order valence-corrected chi connectivity index (χ0v) is 17.2. The van der Waals surface area contributed by atoms with Gasteiger partial charge in [0.1, 0.15) is 18.1 Å². The Morgan fingerprint density at radius 3 is 1.80 bits per heavy atom. The van der Waals surface area contributed by atoms with E-state index >= 15 is 0 Å². The third-order valence-corrected chi connectivity index (χ3v) is 4.36. The van der Waals surface area contributed by atoms with Crippen LogP contribution in [0.4, 0.5) is 0 Å². The molecule has 0 saturated heterocycles. The fraction of sp³-hybridized carbons (Fsp3) is 0.625. The molecule has 14 heteroatoms. The molecule has 0 fully saturated rings. The molecule has 0 aromatic carbocycles. The van der Waals surface area contributed by atoms with Crippen LogP contribution >= 0.6 is 11.8 Å². The molecular formula is C16H26N4O9S. The van der Waals surface area contributed by atoms with E-state index in [1.807, 2.05) is 0 Å². The average Bonchev–Trinajstić information content (AvgIpc) is 2.62. The van der Waals surface area contributed by atoms with Crippen LogP contribution in [0.1, 0.15) is 26.2 Å². The summed E-state index contributed by atoms with van der Waals surface area (Å²) in [7, 11) is 0. The summed E-state index contributed by atoms with van der Waals surface area (Å²) in [5.74, 6) is -6.53. The van der Waals surface area contributed by atoms with E-state index in [1.54, 1.807) is 6.26 Å². The highest BCUT2D eigenvalue weighted by Crippen LogP contribution is 2.04. The third-order valence-electron chi connectivity index (χ3n) is 3.72. The maximum atomic E-state index is 12.6. The number of rotatable bonds is 14. The first-order valence-electron chi connectivity index (χ1n) is 8.71. The van der Waals surface area contributed by atoms with Crippen molar-refractivity contribution in [3.05, 3.63) is 0 Å². The van der Waals surface area contributed by atoms with Crippen LogP contribution in [-0.2, 0) is 28.8 Å². The van der Waals surface area contributed by atoms with Gasteiger partial charge in [0.15, 0.2) is 0 Å². The van der Waals surface area contributed by atoms with Crippen molar-refractivity contribution in [3.8, 4) is 0 Å². The van der Waals surface area contributed by atoms with Crippen molar-refractivity contribution >= 4 is 47.4 Å². The number of thioether (sulfide) groups is 1. The van der Waals surface area contributed by atoms with Crippen molar-refractivity contribution in [1.82, 2.24) is 16.0 Å². The molecule has 0 aliphatic heterocycles. The number of carbonyl (C=O) groups excluding carboxylic acids is 3. The zero-order chi connectivity index (χ0) is 23.4. The van der Waals surface area contributed by atoms with E-state index in [1.165, 1.54) is 11.8 Å². The van der Waals surface area contributed by atoms with Crippen LogP contribution in [0.5, 0.6) is 0 Å². The summed E-state index contributed by atoms with van der Waals surface area (Å²) in [5.41, 5.74) is 5.47. The van der Waals surface area contributed by atoms with Gasteiger partial charge in [0.05, 0.1) is 18.9 Å². The quantitative estimate of drug-likeness (QED) is 0.147. The molecular weight excluding hydrogens is 424 g/mol. The van der Waals surface area contributed by atoms with Gasteiger partial charge in [-0.1, -0.05) is 0 Å². The molecule has 0 aliphatic carbocycles. The Hall–Kier alpha value is -2.87. The van der Waals surface area contributed by atoms with Crippen LogP contribution in [0, 0.1) is 0 Å². The molecule has 13 nitrogen and oxygen atoms in total. The maximum Gasteiger partial charge on any atom is 0.325 e. The van der Waals surface area contributed by atoms with Gasteiger partial charge in [-0.3, -0.25) is 28.8 Å². The maximum absolute atomic E-state index is 12.6. The number of carboxylic acid groups (broad SMARTS) is 3. The van der Waals surface area contributed by atoms with E-state index < -0.39 is 72.6 Å². The Balaban J connectivity index is 5.33. The average molecular weight is 450 g/mol. The third kappa shape index (κ3) is 10.6. The van der Waals surface area contributed by atoms with Crippen LogP contribution in [0.15, 0.2) is 0 Å². The zero-order valence-electron chi connectivity index (χ0n) is 16.4. The van der Waals surface area contributed by atoms with Gasteiger partial charge in [0.25, 0.3) is 0 Å². The van der Waals surface area contributed by atoms with Crippen molar-refractivity contribution in [2.75, 3.05) is 12.0 Å².